The maximum Gasteiger partial charge on any atom is 0.0382 e. The molecule has 0 atom stereocenters. The highest BCUT2D eigenvalue weighted by atomic mass is 15.2. The van der Waals surface area contributed by atoms with Crippen molar-refractivity contribution in [1.29, 1.82) is 0 Å². The van der Waals surface area contributed by atoms with Crippen molar-refractivity contribution >= 4 is 5.69 Å². The minimum atomic E-state index is 0.181. The van der Waals surface area contributed by atoms with Crippen LogP contribution in [0.15, 0.2) is 42.2 Å². The van der Waals surface area contributed by atoms with Crippen molar-refractivity contribution in [2.24, 2.45) is 5.41 Å². The second-order valence-electron chi connectivity index (χ2n) is 7.03. The summed E-state index contributed by atoms with van der Waals surface area (Å²) in [5.41, 5.74) is 2.86. The van der Waals surface area contributed by atoms with Gasteiger partial charge in [0.05, 0.1) is 0 Å². The van der Waals surface area contributed by atoms with E-state index in [1.807, 2.05) is 6.07 Å². The Morgan fingerprint density at radius 1 is 1.11 bits per heavy atom. The Morgan fingerprint density at radius 2 is 1.74 bits per heavy atom. The minimum Gasteiger partial charge on any atom is -0.371 e. The van der Waals surface area contributed by atoms with Gasteiger partial charge in [-0.15, -0.1) is 0 Å². The average Bonchev–Trinajstić information content (AvgIpc) is 2.31. The largest absolute Gasteiger partial charge is 0.371 e. The normalized spacial score (nSPS) is 19.0. The van der Waals surface area contributed by atoms with Crippen molar-refractivity contribution in [2.45, 2.75) is 46.6 Å². The van der Waals surface area contributed by atoms with Crippen LogP contribution in [-0.4, -0.2) is 17.0 Å². The zero-order chi connectivity index (χ0) is 14.1. The molecule has 1 N–H and O–H groups in total. The highest BCUT2D eigenvalue weighted by Gasteiger charge is 2.32. The van der Waals surface area contributed by atoms with Crippen LogP contribution in [0.5, 0.6) is 0 Å². The van der Waals surface area contributed by atoms with Gasteiger partial charge in [0.15, 0.2) is 0 Å². The van der Waals surface area contributed by atoms with Gasteiger partial charge in [-0.2, -0.15) is 0 Å². The molecule has 0 amide bonds. The van der Waals surface area contributed by atoms with Gasteiger partial charge in [-0.3, -0.25) is 0 Å². The molecule has 0 aliphatic carbocycles. The second-order valence-corrected chi connectivity index (χ2v) is 7.03. The van der Waals surface area contributed by atoms with Gasteiger partial charge in [-0.05, 0) is 39.3 Å². The highest BCUT2D eigenvalue weighted by molar-refractivity contribution is 5.49. The summed E-state index contributed by atoms with van der Waals surface area (Å²) < 4.78 is 0. The van der Waals surface area contributed by atoms with Crippen LogP contribution in [0.3, 0.4) is 0 Å². The molecule has 0 unspecified atom stereocenters. The van der Waals surface area contributed by atoms with Crippen molar-refractivity contribution in [1.82, 2.24) is 4.90 Å². The molecule has 19 heavy (non-hydrogen) atoms. The summed E-state index contributed by atoms with van der Waals surface area (Å²) in [6.07, 6.45) is 3.48. The summed E-state index contributed by atoms with van der Waals surface area (Å²) in [7, 11) is 0. The van der Waals surface area contributed by atoms with Crippen LogP contribution in [0.25, 0.3) is 0 Å². The molecule has 1 aromatic carbocycles. The fraction of sp³-hybridized carbons (Fsp3) is 0.529. The van der Waals surface area contributed by atoms with Crippen LogP contribution in [-0.2, 0) is 0 Å². The maximum absolute atomic E-state index is 3.59. The Bertz CT molecular complexity index is 452. The Labute approximate surface area is 117 Å². The third-order valence-electron chi connectivity index (χ3n) is 3.91. The number of allylic oxidation sites excluding steroid dienone is 1. The van der Waals surface area contributed by atoms with E-state index in [1.165, 1.54) is 12.1 Å². The number of rotatable bonds is 2. The van der Waals surface area contributed by atoms with Gasteiger partial charge in [0.2, 0.25) is 0 Å². The molecule has 2 nitrogen and oxygen atoms in total. The van der Waals surface area contributed by atoms with Gasteiger partial charge >= 0.3 is 0 Å². The molecule has 0 bridgehead atoms. The summed E-state index contributed by atoms with van der Waals surface area (Å²) in [6.45, 7) is 12.5. The van der Waals surface area contributed by atoms with Crippen LogP contribution in [0.1, 0.15) is 41.0 Å². The van der Waals surface area contributed by atoms with E-state index in [0.717, 1.165) is 12.2 Å². The van der Waals surface area contributed by atoms with Gasteiger partial charge in [0, 0.05) is 35.1 Å². The van der Waals surface area contributed by atoms with E-state index in [4.69, 9.17) is 0 Å². The van der Waals surface area contributed by atoms with E-state index < -0.39 is 0 Å². The molecule has 2 heteroatoms. The highest BCUT2D eigenvalue weighted by Crippen LogP contribution is 2.37. The quantitative estimate of drug-likeness (QED) is 0.842. The van der Waals surface area contributed by atoms with Crippen LogP contribution < -0.4 is 5.32 Å². The van der Waals surface area contributed by atoms with E-state index >= 15 is 0 Å². The van der Waals surface area contributed by atoms with Crippen molar-refractivity contribution in [3.8, 4) is 0 Å². The first-order chi connectivity index (χ1) is 8.79. The third kappa shape index (κ3) is 3.31. The van der Waals surface area contributed by atoms with Crippen molar-refractivity contribution in [3.63, 3.8) is 0 Å². The Hall–Kier alpha value is -1.44. The molecule has 1 aliphatic rings. The predicted molar refractivity (Wildman–Crippen MR) is 83.0 cm³/mol. The lowest BCUT2D eigenvalue weighted by Crippen LogP contribution is -2.44. The second kappa shape index (κ2) is 4.92. The first-order valence-corrected chi connectivity index (χ1v) is 7.10. The Kier molecular flexibility index (Phi) is 3.62. The topological polar surface area (TPSA) is 15.3 Å². The molecule has 0 spiro atoms. The van der Waals surface area contributed by atoms with Crippen LogP contribution in [0, 0.1) is 5.41 Å². The molecular formula is C17H26N2. The average molecular weight is 258 g/mol. The lowest BCUT2D eigenvalue weighted by molar-refractivity contribution is 0.160. The van der Waals surface area contributed by atoms with E-state index in [9.17, 15) is 0 Å². The SMILES string of the molecule is CC1(C)CCN(C(C)(C)C)C=C1Nc1ccccc1. The van der Waals surface area contributed by atoms with Crippen molar-refractivity contribution < 1.29 is 0 Å². The molecule has 104 valence electrons. The Morgan fingerprint density at radius 3 is 2.32 bits per heavy atom. The molecular weight excluding hydrogens is 232 g/mol. The molecule has 0 fully saturated rings. The summed E-state index contributed by atoms with van der Waals surface area (Å²) >= 11 is 0. The summed E-state index contributed by atoms with van der Waals surface area (Å²) in [6, 6.07) is 10.4. The number of benzene rings is 1. The van der Waals surface area contributed by atoms with Crippen LogP contribution in [0.2, 0.25) is 0 Å². The van der Waals surface area contributed by atoms with Gasteiger partial charge in [0.1, 0.15) is 0 Å². The third-order valence-corrected chi connectivity index (χ3v) is 3.91. The number of hydrogen-bond donors (Lipinski definition) is 1. The number of para-hydroxylation sites is 1. The van der Waals surface area contributed by atoms with Crippen LogP contribution in [0.4, 0.5) is 5.69 Å². The predicted octanol–water partition coefficient (Wildman–Crippen LogP) is 4.47. The maximum atomic E-state index is 3.59. The van der Waals surface area contributed by atoms with Gasteiger partial charge in [-0.25, -0.2) is 0 Å². The molecule has 0 saturated carbocycles. The van der Waals surface area contributed by atoms with E-state index in [2.05, 4.69) is 75.3 Å². The molecule has 1 aliphatic heterocycles. The number of anilines is 1. The smallest absolute Gasteiger partial charge is 0.0382 e. The summed E-state index contributed by atoms with van der Waals surface area (Å²) in [4.78, 5) is 2.43. The van der Waals surface area contributed by atoms with Crippen molar-refractivity contribution in [2.75, 3.05) is 11.9 Å². The van der Waals surface area contributed by atoms with E-state index in [1.54, 1.807) is 0 Å². The summed E-state index contributed by atoms with van der Waals surface area (Å²) in [5, 5.41) is 3.59. The first kappa shape index (κ1) is 14.0. The van der Waals surface area contributed by atoms with Crippen molar-refractivity contribution in [3.05, 3.63) is 42.2 Å². The fourth-order valence-electron chi connectivity index (χ4n) is 2.34. The minimum absolute atomic E-state index is 0.181. The molecule has 0 aromatic heterocycles. The standard InChI is InChI=1S/C17H26N2/c1-16(2,3)19-12-11-17(4,5)15(13-19)18-14-9-7-6-8-10-14/h6-10,13,18H,11-12H2,1-5H3. The number of hydrogen-bond acceptors (Lipinski definition) is 2. The van der Waals surface area contributed by atoms with E-state index in [0.29, 0.717) is 0 Å². The molecule has 2 rings (SSSR count). The lowest BCUT2D eigenvalue weighted by atomic mass is 9.82. The number of nitrogens with zero attached hydrogens (tertiary/aromatic N) is 1. The zero-order valence-electron chi connectivity index (χ0n) is 12.8. The van der Waals surface area contributed by atoms with Gasteiger partial charge in [0.25, 0.3) is 0 Å². The lowest BCUT2D eigenvalue weighted by Gasteiger charge is -2.44. The van der Waals surface area contributed by atoms with E-state index in [-0.39, 0.29) is 11.0 Å². The monoisotopic (exact) mass is 258 g/mol. The molecule has 0 saturated heterocycles. The Balaban J connectivity index is 2.25. The molecule has 1 heterocycles. The first-order valence-electron chi connectivity index (χ1n) is 7.10. The number of nitrogens with one attached hydrogen (secondary N) is 1. The molecule has 0 radical (unpaired) electrons. The fourth-order valence-corrected chi connectivity index (χ4v) is 2.34. The molecule has 1 aromatic rings. The van der Waals surface area contributed by atoms with Gasteiger partial charge < -0.3 is 10.2 Å². The van der Waals surface area contributed by atoms with Crippen LogP contribution >= 0.6 is 0 Å². The van der Waals surface area contributed by atoms with Gasteiger partial charge in [-0.1, -0.05) is 32.0 Å². The zero-order valence-corrected chi connectivity index (χ0v) is 12.8. The summed E-state index contributed by atoms with van der Waals surface area (Å²) in [5.74, 6) is 0.